The number of anilines is 1. The molecule has 0 saturated carbocycles. The van der Waals surface area contributed by atoms with Crippen molar-refractivity contribution in [3.05, 3.63) is 88.9 Å². The summed E-state index contributed by atoms with van der Waals surface area (Å²) in [5.74, 6) is -0.801. The molecule has 0 spiro atoms. The normalized spacial score (nSPS) is 21.1. The number of hydrogen-bond donors (Lipinski definition) is 5. The number of phenolic OH excluding ortho intramolecular Hbond substituents is 1. The number of aromatic nitrogens is 4. The highest BCUT2D eigenvalue weighted by molar-refractivity contribution is 7.13. The summed E-state index contributed by atoms with van der Waals surface area (Å²) in [6.45, 7) is 15.5. The van der Waals surface area contributed by atoms with Gasteiger partial charge >= 0.3 is 6.01 Å². The molecule has 5 N–H and O–H groups in total. The molecule has 80 heavy (non-hydrogen) atoms. The van der Waals surface area contributed by atoms with Crippen molar-refractivity contribution in [3.8, 4) is 33.5 Å². The maximum atomic E-state index is 17.2. The quantitative estimate of drug-likeness (QED) is 0.0428. The van der Waals surface area contributed by atoms with Gasteiger partial charge in [-0.15, -0.1) is 11.3 Å². The first-order valence-electron chi connectivity index (χ1n) is 29.1. The van der Waals surface area contributed by atoms with Gasteiger partial charge in [0.1, 0.15) is 41.5 Å². The van der Waals surface area contributed by atoms with Crippen molar-refractivity contribution < 1.29 is 33.7 Å². The summed E-state index contributed by atoms with van der Waals surface area (Å²) in [6, 6.07) is 16.1. The number of likely N-dealkylation sites (tertiary alicyclic amines) is 2. The van der Waals surface area contributed by atoms with E-state index in [4.69, 9.17) is 19.7 Å². The van der Waals surface area contributed by atoms with Gasteiger partial charge in [0.05, 0.1) is 33.6 Å². The molecule has 0 unspecified atom stereocenters. The third-order valence-electron chi connectivity index (χ3n) is 16.9. The molecule has 4 aliphatic heterocycles. The predicted molar refractivity (Wildman–Crippen MR) is 312 cm³/mol. The maximum Gasteiger partial charge on any atom is 0.319 e. The number of aryl methyl sites for hydroxylation is 2. The molecule has 4 aliphatic rings. The zero-order valence-electron chi connectivity index (χ0n) is 47.3. The van der Waals surface area contributed by atoms with Crippen LogP contribution in [0.5, 0.6) is 11.8 Å². The lowest BCUT2D eigenvalue weighted by Crippen LogP contribution is -2.57. The number of ether oxygens (including phenoxy) is 1. The number of nitrogens with one attached hydrogen (secondary N) is 3. The van der Waals surface area contributed by atoms with Crippen LogP contribution < -0.4 is 25.6 Å². The standard InChI is InChI=1S/C62H79FN10O6S/c1-7-39-16-14-17-42-28-46(74)29-48(52(39)42)54-53(63)55-49(31-64-54)58(72-32-43-24-25-44(33-72)67-43)70-61(69-55)79-35-45-18-15-27-71(45)26-13-11-9-8-10-12-19-51(76)68-57(62(4,5)6)60(78)73-34-47(75)30-50(73)59(77)66-37(2)40-20-22-41(23-21-40)56-38(3)65-36-80-56/h14,16-17,20-23,28-29,31,36-37,43-45,47,50,57,67,74-75H,7-13,15,18-19,24-27,30,32-35H2,1-6H3,(H,66,77)(H,68,76)/t37-,43-,44+,45-,47+,50-,57+/m0/s1. The molecule has 16 nitrogen and oxygen atoms in total. The van der Waals surface area contributed by atoms with Crippen molar-refractivity contribution >= 4 is 56.6 Å². The smallest absolute Gasteiger partial charge is 0.319 e. The Morgan fingerprint density at radius 2 is 1.69 bits per heavy atom. The van der Waals surface area contributed by atoms with Crippen molar-refractivity contribution in [2.75, 3.05) is 44.2 Å². The Kier molecular flexibility index (Phi) is 17.6. The van der Waals surface area contributed by atoms with Gasteiger partial charge in [-0.2, -0.15) is 9.97 Å². The summed E-state index contributed by atoms with van der Waals surface area (Å²) in [6.07, 6.45) is 11.9. The van der Waals surface area contributed by atoms with Gasteiger partial charge in [0, 0.05) is 62.4 Å². The maximum absolute atomic E-state index is 17.2. The number of fused-ring (bicyclic) bond motifs is 4. The first-order valence-corrected chi connectivity index (χ1v) is 30.0. The number of aliphatic hydroxyl groups is 1. The van der Waals surface area contributed by atoms with Crippen molar-refractivity contribution in [3.63, 3.8) is 0 Å². The van der Waals surface area contributed by atoms with E-state index in [1.807, 2.05) is 82.6 Å². The summed E-state index contributed by atoms with van der Waals surface area (Å²) in [7, 11) is 0. The molecule has 3 amide bonds. The lowest BCUT2D eigenvalue weighted by Gasteiger charge is -2.35. The van der Waals surface area contributed by atoms with Gasteiger partial charge in [-0.3, -0.25) is 24.3 Å². The molecular weight excluding hydrogens is 1030 g/mol. The summed E-state index contributed by atoms with van der Waals surface area (Å²) < 4.78 is 23.6. The van der Waals surface area contributed by atoms with E-state index in [1.165, 1.54) is 4.90 Å². The molecule has 6 aromatic rings. The number of nitrogens with zero attached hydrogens (tertiary/aromatic N) is 7. The van der Waals surface area contributed by atoms with Crippen molar-refractivity contribution in [1.82, 2.24) is 45.7 Å². The van der Waals surface area contributed by atoms with E-state index in [9.17, 15) is 24.6 Å². The number of aromatic hydroxyl groups is 1. The van der Waals surface area contributed by atoms with E-state index in [1.54, 1.807) is 29.7 Å². The first-order chi connectivity index (χ1) is 38.5. The molecule has 0 aliphatic carbocycles. The number of β-amino-alcohol motifs (C(OH)–C–C–N with tert-alkyl or cyclic N) is 1. The summed E-state index contributed by atoms with van der Waals surface area (Å²) >= 11 is 1.58. The van der Waals surface area contributed by atoms with Crippen LogP contribution in [-0.2, 0) is 20.8 Å². The van der Waals surface area contributed by atoms with Crippen molar-refractivity contribution in [2.45, 2.75) is 167 Å². The number of carbonyl (C=O) groups excluding carboxylic acids is 3. The van der Waals surface area contributed by atoms with Crippen LogP contribution in [-0.4, -0.2) is 133 Å². The number of unbranched alkanes of at least 4 members (excludes halogenated alkanes) is 5. The molecular formula is C62H79FN10O6S. The number of pyridine rings is 1. The van der Waals surface area contributed by atoms with E-state index < -0.39 is 29.4 Å². The van der Waals surface area contributed by atoms with Gasteiger partial charge in [0.15, 0.2) is 5.82 Å². The van der Waals surface area contributed by atoms with Gasteiger partial charge in [-0.05, 0) is 117 Å². The topological polar surface area (TPSA) is 198 Å². The Morgan fingerprint density at radius 3 is 2.41 bits per heavy atom. The highest BCUT2D eigenvalue weighted by Crippen LogP contribution is 2.40. The predicted octanol–water partition coefficient (Wildman–Crippen LogP) is 9.57. The van der Waals surface area contributed by atoms with Crippen LogP contribution in [0.3, 0.4) is 0 Å². The fourth-order valence-corrected chi connectivity index (χ4v) is 13.4. The molecule has 2 bridgehead atoms. The minimum absolute atomic E-state index is 0.0192. The Labute approximate surface area is 473 Å². The fourth-order valence-electron chi connectivity index (χ4n) is 12.6. The third kappa shape index (κ3) is 12.7. The minimum Gasteiger partial charge on any atom is -0.508 e. The molecule has 18 heteroatoms. The SMILES string of the molecule is CCc1cccc2cc(O)cc(-c3ncc4c(N5C[C@H]6CC[C@@H](C5)N6)nc(OC[C@@H]5CCCN5CCCCCCCCC(=O)N[C@H](C(=O)N5C[C@H](O)C[C@H]5C(=O)N[C@@H](C)c5ccc(-c6scnc6C)cc5)C(C)(C)C)nc4c3F)c12. The monoisotopic (exact) mass is 1110 g/mol. The van der Waals surface area contributed by atoms with Crippen LogP contribution in [0.4, 0.5) is 10.2 Å². The second-order valence-corrected chi connectivity index (χ2v) is 24.7. The van der Waals surface area contributed by atoms with Crippen molar-refractivity contribution in [1.29, 1.82) is 0 Å². The number of hydrogen-bond acceptors (Lipinski definition) is 14. The number of halogens is 1. The number of piperazine rings is 1. The average Bonchev–Trinajstić information content (AvgIpc) is 4.26. The van der Waals surface area contributed by atoms with Crippen LogP contribution in [0.2, 0.25) is 0 Å². The van der Waals surface area contributed by atoms with Crippen LogP contribution in [0.25, 0.3) is 43.4 Å². The molecule has 10 rings (SSSR count). The van der Waals surface area contributed by atoms with Gasteiger partial charge < -0.3 is 40.7 Å². The van der Waals surface area contributed by atoms with Gasteiger partial charge in [-0.1, -0.05) is 95.8 Å². The highest BCUT2D eigenvalue weighted by Gasteiger charge is 2.45. The number of carbonyl (C=O) groups is 3. The van der Waals surface area contributed by atoms with Gasteiger partial charge in [0.2, 0.25) is 17.7 Å². The Balaban J connectivity index is 0.694. The molecule has 3 aromatic heterocycles. The number of amides is 3. The first kappa shape index (κ1) is 56.9. The van der Waals surface area contributed by atoms with Crippen LogP contribution in [0.1, 0.15) is 135 Å². The lowest BCUT2D eigenvalue weighted by molar-refractivity contribution is -0.144. The largest absolute Gasteiger partial charge is 0.508 e. The molecule has 7 heterocycles. The number of rotatable bonds is 21. The molecule has 426 valence electrons. The zero-order valence-corrected chi connectivity index (χ0v) is 48.1. The van der Waals surface area contributed by atoms with E-state index in [0.717, 1.165) is 128 Å². The van der Waals surface area contributed by atoms with E-state index >= 15 is 4.39 Å². The average molecular weight is 1110 g/mol. The Bertz CT molecular complexity index is 3170. The Hall–Kier alpha value is -6.34. The van der Waals surface area contributed by atoms with Gasteiger partial charge in [-0.25, -0.2) is 9.37 Å². The second kappa shape index (κ2) is 24.8. The summed E-state index contributed by atoms with van der Waals surface area (Å²) in [4.78, 5) is 67.5. The number of aliphatic hydroxyl groups excluding tert-OH is 1. The number of phenols is 1. The third-order valence-corrected chi connectivity index (χ3v) is 17.9. The molecule has 3 aromatic carbocycles. The van der Waals surface area contributed by atoms with E-state index in [0.29, 0.717) is 48.3 Å². The van der Waals surface area contributed by atoms with Gasteiger partial charge in [0.25, 0.3) is 0 Å². The van der Waals surface area contributed by atoms with Crippen molar-refractivity contribution in [2.24, 2.45) is 5.41 Å². The molecule has 0 radical (unpaired) electrons. The number of thiazole rings is 1. The second-order valence-electron chi connectivity index (χ2n) is 23.8. The summed E-state index contributed by atoms with van der Waals surface area (Å²) in [5, 5.41) is 33.5. The van der Waals surface area contributed by atoms with E-state index in [2.05, 4.69) is 37.7 Å². The highest BCUT2D eigenvalue weighted by atomic mass is 32.1. The molecule has 7 atom stereocenters. The fraction of sp³-hybridized carbons (Fsp3) is 0.532. The lowest BCUT2D eigenvalue weighted by atomic mass is 9.85. The van der Waals surface area contributed by atoms with E-state index in [-0.39, 0.29) is 65.7 Å². The summed E-state index contributed by atoms with van der Waals surface area (Å²) in [5.41, 5.74) is 5.98. The molecule has 4 saturated heterocycles. The Morgan fingerprint density at radius 1 is 0.938 bits per heavy atom. The molecule has 4 fully saturated rings. The van der Waals surface area contributed by atoms with Crippen LogP contribution in [0.15, 0.2) is 66.3 Å². The van der Waals surface area contributed by atoms with Crippen LogP contribution in [0, 0.1) is 18.2 Å². The van der Waals surface area contributed by atoms with Crippen LogP contribution >= 0.6 is 11.3 Å². The number of benzene rings is 3. The zero-order chi connectivity index (χ0) is 56.2. The minimum atomic E-state index is -0.873.